The van der Waals surface area contributed by atoms with Crippen molar-refractivity contribution in [3.8, 4) is 5.75 Å². The van der Waals surface area contributed by atoms with Gasteiger partial charge in [-0.25, -0.2) is 4.79 Å². The summed E-state index contributed by atoms with van der Waals surface area (Å²) in [5.74, 6) is -0.355. The lowest BCUT2D eigenvalue weighted by Gasteiger charge is -2.15. The fraction of sp³-hybridized carbons (Fsp3) is 0.385. The number of carbonyl (C=O) groups is 2. The van der Waals surface area contributed by atoms with E-state index in [9.17, 15) is 22.8 Å². The van der Waals surface area contributed by atoms with Gasteiger partial charge >= 0.3 is 12.2 Å². The Bertz CT molecular complexity index is 577. The summed E-state index contributed by atoms with van der Waals surface area (Å²) in [4.78, 5) is 24.8. The second kappa shape index (κ2) is 6.12. The largest absolute Gasteiger partial charge is 0.497 e. The van der Waals surface area contributed by atoms with Crippen LogP contribution in [-0.4, -0.2) is 44.4 Å². The molecule has 0 radical (unpaired) electrons. The van der Waals surface area contributed by atoms with Gasteiger partial charge in [0.25, 0.3) is 0 Å². The van der Waals surface area contributed by atoms with Crippen molar-refractivity contribution in [3.63, 3.8) is 0 Å². The highest BCUT2D eigenvalue weighted by atomic mass is 19.4. The highest BCUT2D eigenvalue weighted by Crippen LogP contribution is 2.23. The van der Waals surface area contributed by atoms with Gasteiger partial charge in [-0.1, -0.05) is 6.07 Å². The normalized spacial score (nSPS) is 18.1. The molecular weight excluding hydrogens is 303 g/mol. The molecule has 1 atom stereocenters. The number of ether oxygens (including phenoxy) is 1. The van der Waals surface area contributed by atoms with Crippen molar-refractivity contribution in [2.24, 2.45) is 0 Å². The van der Waals surface area contributed by atoms with E-state index >= 15 is 0 Å². The summed E-state index contributed by atoms with van der Waals surface area (Å²) in [5, 5.41) is 4.09. The van der Waals surface area contributed by atoms with Crippen LogP contribution >= 0.6 is 0 Å². The predicted octanol–water partition coefficient (Wildman–Crippen LogP) is 1.27. The summed E-state index contributed by atoms with van der Waals surface area (Å²) in [6.45, 7) is -1.49. The van der Waals surface area contributed by atoms with E-state index in [-0.39, 0.29) is 6.54 Å². The highest BCUT2D eigenvalue weighted by molar-refractivity contribution is 6.00. The molecule has 2 rings (SSSR count). The zero-order chi connectivity index (χ0) is 16.3. The van der Waals surface area contributed by atoms with Crippen LogP contribution in [0.5, 0.6) is 5.75 Å². The number of amides is 3. The zero-order valence-electron chi connectivity index (χ0n) is 11.6. The quantitative estimate of drug-likeness (QED) is 0.878. The van der Waals surface area contributed by atoms with E-state index in [1.807, 2.05) is 0 Å². The maximum absolute atomic E-state index is 12.1. The van der Waals surface area contributed by atoms with Crippen molar-refractivity contribution in [2.45, 2.75) is 12.2 Å². The highest BCUT2D eigenvalue weighted by Gasteiger charge is 2.36. The van der Waals surface area contributed by atoms with Crippen molar-refractivity contribution in [2.75, 3.05) is 25.1 Å². The molecule has 0 bridgehead atoms. The molecule has 120 valence electrons. The van der Waals surface area contributed by atoms with Crippen LogP contribution in [0.25, 0.3) is 0 Å². The number of anilines is 1. The van der Waals surface area contributed by atoms with E-state index < -0.39 is 30.7 Å². The first-order chi connectivity index (χ1) is 10.3. The summed E-state index contributed by atoms with van der Waals surface area (Å²) in [5.41, 5.74) is 0.489. The molecule has 0 saturated carbocycles. The molecule has 0 aromatic heterocycles. The van der Waals surface area contributed by atoms with Gasteiger partial charge in [0.05, 0.1) is 13.7 Å². The fourth-order valence-electron chi connectivity index (χ4n) is 2.00. The molecule has 0 aliphatic carbocycles. The van der Waals surface area contributed by atoms with Crippen LogP contribution < -0.4 is 20.3 Å². The van der Waals surface area contributed by atoms with Crippen molar-refractivity contribution in [3.05, 3.63) is 24.3 Å². The molecule has 22 heavy (non-hydrogen) atoms. The fourth-order valence-corrected chi connectivity index (χ4v) is 2.00. The number of rotatable bonds is 4. The van der Waals surface area contributed by atoms with Crippen LogP contribution in [0.1, 0.15) is 0 Å². The average molecular weight is 317 g/mol. The molecule has 1 saturated heterocycles. The number of hydrogen-bond acceptors (Lipinski definition) is 3. The Kier molecular flexibility index (Phi) is 4.43. The molecule has 0 spiro atoms. The Morgan fingerprint density at radius 2 is 2.23 bits per heavy atom. The lowest BCUT2D eigenvalue weighted by molar-refractivity contribution is -0.139. The maximum Gasteiger partial charge on any atom is 0.405 e. The third kappa shape index (κ3) is 3.80. The molecule has 3 amide bonds. The molecular formula is C13H14F3N3O3. The van der Waals surface area contributed by atoms with Gasteiger partial charge in [0.1, 0.15) is 18.3 Å². The average Bonchev–Trinajstić information content (AvgIpc) is 2.86. The molecule has 9 heteroatoms. The zero-order valence-corrected chi connectivity index (χ0v) is 11.6. The first kappa shape index (κ1) is 15.9. The minimum Gasteiger partial charge on any atom is -0.497 e. The molecule has 1 heterocycles. The second-order valence-corrected chi connectivity index (χ2v) is 4.65. The monoisotopic (exact) mass is 317 g/mol. The van der Waals surface area contributed by atoms with Crippen LogP contribution in [0.4, 0.5) is 23.7 Å². The number of nitrogens with zero attached hydrogens (tertiary/aromatic N) is 1. The lowest BCUT2D eigenvalue weighted by Crippen LogP contribution is -2.45. The molecule has 1 fully saturated rings. The summed E-state index contributed by atoms with van der Waals surface area (Å²) in [6, 6.07) is 4.98. The van der Waals surface area contributed by atoms with Crippen LogP contribution in [0.2, 0.25) is 0 Å². The second-order valence-electron chi connectivity index (χ2n) is 4.65. The van der Waals surface area contributed by atoms with Crippen LogP contribution in [0, 0.1) is 0 Å². The number of hydrogen-bond donors (Lipinski definition) is 2. The van der Waals surface area contributed by atoms with Gasteiger partial charge in [-0.15, -0.1) is 0 Å². The Hall–Kier alpha value is -2.45. The van der Waals surface area contributed by atoms with Crippen LogP contribution in [-0.2, 0) is 4.79 Å². The Balaban J connectivity index is 2.02. The molecule has 2 N–H and O–H groups in total. The standard InChI is InChI=1S/C13H14F3N3O3/c1-22-9-4-2-3-8(5-9)19-6-10(18-12(19)21)11(20)17-7-13(14,15)16/h2-5,10H,6-7H2,1H3,(H,17,20)(H,18,21). The van der Waals surface area contributed by atoms with Gasteiger partial charge in [-0.05, 0) is 12.1 Å². The summed E-state index contributed by atoms with van der Waals surface area (Å²) in [6.07, 6.45) is -4.50. The van der Waals surface area contributed by atoms with Crippen molar-refractivity contribution >= 4 is 17.6 Å². The minimum atomic E-state index is -4.50. The number of methoxy groups -OCH3 is 1. The smallest absolute Gasteiger partial charge is 0.405 e. The topological polar surface area (TPSA) is 70.7 Å². The van der Waals surface area contributed by atoms with Gasteiger partial charge in [0, 0.05) is 11.8 Å². The van der Waals surface area contributed by atoms with E-state index in [0.29, 0.717) is 11.4 Å². The van der Waals surface area contributed by atoms with E-state index in [1.54, 1.807) is 29.6 Å². The Labute approximate surface area is 124 Å². The number of carbonyl (C=O) groups excluding carboxylic acids is 2. The van der Waals surface area contributed by atoms with Crippen LogP contribution in [0.3, 0.4) is 0 Å². The number of benzene rings is 1. The van der Waals surface area contributed by atoms with Gasteiger partial charge in [0.15, 0.2) is 0 Å². The first-order valence-electron chi connectivity index (χ1n) is 6.37. The number of nitrogens with one attached hydrogen (secondary N) is 2. The van der Waals surface area contributed by atoms with Crippen LogP contribution in [0.15, 0.2) is 24.3 Å². The maximum atomic E-state index is 12.1. The minimum absolute atomic E-state index is 0.0598. The number of halogens is 3. The van der Waals surface area contributed by atoms with Crippen molar-refractivity contribution in [1.29, 1.82) is 0 Å². The van der Waals surface area contributed by atoms with E-state index in [1.165, 1.54) is 12.0 Å². The Morgan fingerprint density at radius 1 is 1.50 bits per heavy atom. The predicted molar refractivity (Wildman–Crippen MR) is 71.7 cm³/mol. The summed E-state index contributed by atoms with van der Waals surface area (Å²) >= 11 is 0. The van der Waals surface area contributed by atoms with E-state index in [4.69, 9.17) is 4.74 Å². The molecule has 1 aliphatic heterocycles. The number of alkyl halides is 3. The van der Waals surface area contributed by atoms with Crippen molar-refractivity contribution < 1.29 is 27.5 Å². The summed E-state index contributed by atoms with van der Waals surface area (Å²) < 4.78 is 41.3. The molecule has 6 nitrogen and oxygen atoms in total. The van der Waals surface area contributed by atoms with E-state index in [2.05, 4.69) is 5.32 Å². The third-order valence-electron chi connectivity index (χ3n) is 3.05. The molecule has 1 aliphatic rings. The lowest BCUT2D eigenvalue weighted by atomic mass is 10.2. The van der Waals surface area contributed by atoms with E-state index in [0.717, 1.165) is 0 Å². The van der Waals surface area contributed by atoms with Gasteiger partial charge in [-0.3, -0.25) is 9.69 Å². The SMILES string of the molecule is COc1cccc(N2CC(C(=O)NCC(F)(F)F)NC2=O)c1. The van der Waals surface area contributed by atoms with Gasteiger partial charge < -0.3 is 15.4 Å². The first-order valence-corrected chi connectivity index (χ1v) is 6.37. The van der Waals surface area contributed by atoms with Gasteiger partial charge in [0.2, 0.25) is 5.91 Å². The third-order valence-corrected chi connectivity index (χ3v) is 3.05. The Morgan fingerprint density at radius 3 is 2.86 bits per heavy atom. The van der Waals surface area contributed by atoms with Crippen molar-refractivity contribution in [1.82, 2.24) is 10.6 Å². The summed E-state index contributed by atoms with van der Waals surface area (Å²) in [7, 11) is 1.47. The van der Waals surface area contributed by atoms with Gasteiger partial charge in [-0.2, -0.15) is 13.2 Å². The molecule has 1 aromatic carbocycles. The molecule has 1 aromatic rings. The number of urea groups is 1. The molecule has 1 unspecified atom stereocenters.